The van der Waals surface area contributed by atoms with Crippen LogP contribution < -0.4 is 10.2 Å². The maximum Gasteiger partial charge on any atom is 0.131 e. The Balaban J connectivity index is 1.90. The van der Waals surface area contributed by atoms with Crippen molar-refractivity contribution in [1.82, 2.24) is 9.88 Å². The first kappa shape index (κ1) is 11.8. The lowest BCUT2D eigenvalue weighted by Gasteiger charge is -2.44. The van der Waals surface area contributed by atoms with Crippen LogP contribution in [0.15, 0.2) is 12.3 Å². The van der Waals surface area contributed by atoms with Crippen LogP contribution in [0.2, 0.25) is 0 Å². The van der Waals surface area contributed by atoms with E-state index in [2.05, 4.69) is 47.1 Å². The quantitative estimate of drug-likeness (QED) is 0.815. The number of pyridine rings is 1. The fourth-order valence-corrected chi connectivity index (χ4v) is 3.08. The topological polar surface area (TPSA) is 31.4 Å². The van der Waals surface area contributed by atoms with Crippen LogP contribution in [0.1, 0.15) is 19.4 Å². The molecule has 2 aliphatic rings. The number of nitrogens with zero attached hydrogens (tertiary/aromatic N) is 3. The summed E-state index contributed by atoms with van der Waals surface area (Å²) in [5.41, 5.74) is 2.79. The van der Waals surface area contributed by atoms with E-state index in [0.29, 0.717) is 12.1 Å². The minimum absolute atomic E-state index is 0.604. The van der Waals surface area contributed by atoms with Crippen LogP contribution in [0.4, 0.5) is 11.5 Å². The van der Waals surface area contributed by atoms with Crippen molar-refractivity contribution < 1.29 is 0 Å². The van der Waals surface area contributed by atoms with E-state index in [1.807, 2.05) is 6.20 Å². The molecule has 1 aromatic heterocycles. The molecule has 0 saturated carbocycles. The van der Waals surface area contributed by atoms with E-state index in [-0.39, 0.29) is 0 Å². The highest BCUT2D eigenvalue weighted by atomic mass is 15.3. The molecule has 0 bridgehead atoms. The third-order valence-corrected chi connectivity index (χ3v) is 4.40. The maximum atomic E-state index is 4.42. The van der Waals surface area contributed by atoms with Gasteiger partial charge in [0.05, 0.1) is 0 Å². The summed E-state index contributed by atoms with van der Waals surface area (Å²) in [4.78, 5) is 9.42. The van der Waals surface area contributed by atoms with Crippen molar-refractivity contribution in [2.45, 2.75) is 32.4 Å². The van der Waals surface area contributed by atoms with Gasteiger partial charge in [-0.15, -0.1) is 0 Å². The predicted octanol–water partition coefficient (Wildman–Crippen LogP) is 1.58. The van der Waals surface area contributed by atoms with Crippen LogP contribution in [0.25, 0.3) is 0 Å². The highest BCUT2D eigenvalue weighted by molar-refractivity contribution is 5.66. The zero-order chi connectivity index (χ0) is 12.7. The fourth-order valence-electron chi connectivity index (χ4n) is 3.08. The Kier molecular flexibility index (Phi) is 2.90. The summed E-state index contributed by atoms with van der Waals surface area (Å²) >= 11 is 0. The molecule has 4 nitrogen and oxygen atoms in total. The second-order valence-corrected chi connectivity index (χ2v) is 5.60. The van der Waals surface area contributed by atoms with Gasteiger partial charge in [0.25, 0.3) is 0 Å². The monoisotopic (exact) mass is 246 g/mol. The molecule has 0 aromatic carbocycles. The van der Waals surface area contributed by atoms with Gasteiger partial charge >= 0.3 is 0 Å². The molecule has 18 heavy (non-hydrogen) atoms. The molecule has 0 amide bonds. The van der Waals surface area contributed by atoms with Crippen molar-refractivity contribution in [1.29, 1.82) is 0 Å². The van der Waals surface area contributed by atoms with Crippen molar-refractivity contribution in [3.05, 3.63) is 17.8 Å². The van der Waals surface area contributed by atoms with Crippen molar-refractivity contribution >= 4 is 11.5 Å². The Hall–Kier alpha value is -1.29. The molecule has 2 atom stereocenters. The van der Waals surface area contributed by atoms with E-state index < -0.39 is 0 Å². The van der Waals surface area contributed by atoms with Crippen LogP contribution >= 0.6 is 0 Å². The van der Waals surface area contributed by atoms with Crippen LogP contribution in [0.5, 0.6) is 0 Å². The summed E-state index contributed by atoms with van der Waals surface area (Å²) in [6.45, 7) is 7.86. The maximum absolute atomic E-state index is 4.42. The Bertz CT molecular complexity index is 433. The summed E-state index contributed by atoms with van der Waals surface area (Å²) in [6, 6.07) is 3.38. The first-order valence-electron chi connectivity index (χ1n) is 6.85. The van der Waals surface area contributed by atoms with Crippen LogP contribution in [-0.2, 0) is 6.42 Å². The molecule has 2 aliphatic heterocycles. The second-order valence-electron chi connectivity index (χ2n) is 5.60. The molecule has 4 heteroatoms. The van der Waals surface area contributed by atoms with Gasteiger partial charge < -0.3 is 10.2 Å². The van der Waals surface area contributed by atoms with E-state index in [4.69, 9.17) is 0 Å². The smallest absolute Gasteiger partial charge is 0.131 e. The SMILES string of the molecule is CC1CN(c2ccnc3c2CCN3)C[C@@H](C)N1C. The lowest BCUT2D eigenvalue weighted by molar-refractivity contribution is 0.170. The first-order chi connectivity index (χ1) is 8.66. The summed E-state index contributed by atoms with van der Waals surface area (Å²) in [6.07, 6.45) is 3.04. The van der Waals surface area contributed by atoms with Gasteiger partial charge in [0, 0.05) is 49.2 Å². The van der Waals surface area contributed by atoms with Crippen LogP contribution in [0.3, 0.4) is 0 Å². The van der Waals surface area contributed by atoms with Gasteiger partial charge in [-0.05, 0) is 33.4 Å². The number of hydrogen-bond donors (Lipinski definition) is 1. The first-order valence-corrected chi connectivity index (χ1v) is 6.85. The van der Waals surface area contributed by atoms with E-state index in [0.717, 1.165) is 31.9 Å². The van der Waals surface area contributed by atoms with E-state index in [1.165, 1.54) is 11.3 Å². The summed E-state index contributed by atoms with van der Waals surface area (Å²) < 4.78 is 0. The molecule has 0 spiro atoms. The molecular weight excluding hydrogens is 224 g/mol. The van der Waals surface area contributed by atoms with Crippen molar-refractivity contribution in [3.63, 3.8) is 0 Å². The second kappa shape index (κ2) is 4.43. The molecule has 3 heterocycles. The average Bonchev–Trinajstić information content (AvgIpc) is 2.83. The van der Waals surface area contributed by atoms with Crippen LogP contribution in [0, 0.1) is 0 Å². The largest absolute Gasteiger partial charge is 0.369 e. The minimum Gasteiger partial charge on any atom is -0.369 e. The van der Waals surface area contributed by atoms with Crippen molar-refractivity contribution in [2.24, 2.45) is 0 Å². The van der Waals surface area contributed by atoms with Gasteiger partial charge in [0.2, 0.25) is 0 Å². The Morgan fingerprint density at radius 1 is 1.28 bits per heavy atom. The molecule has 0 radical (unpaired) electrons. The Morgan fingerprint density at radius 3 is 2.72 bits per heavy atom. The molecule has 1 unspecified atom stereocenters. The number of nitrogens with one attached hydrogen (secondary N) is 1. The lowest BCUT2D eigenvalue weighted by atomic mass is 10.1. The number of likely N-dealkylation sites (N-methyl/N-ethyl adjacent to an activating group) is 1. The molecule has 1 saturated heterocycles. The highest BCUT2D eigenvalue weighted by Gasteiger charge is 2.29. The molecule has 0 aliphatic carbocycles. The number of aromatic nitrogens is 1. The minimum atomic E-state index is 0.604. The zero-order valence-corrected chi connectivity index (χ0v) is 11.5. The molecule has 1 aromatic rings. The van der Waals surface area contributed by atoms with E-state index in [9.17, 15) is 0 Å². The normalized spacial score (nSPS) is 28.1. The van der Waals surface area contributed by atoms with Crippen molar-refractivity contribution in [2.75, 3.05) is 36.9 Å². The molecule has 98 valence electrons. The van der Waals surface area contributed by atoms with Gasteiger partial charge in [0.15, 0.2) is 0 Å². The zero-order valence-electron chi connectivity index (χ0n) is 11.5. The number of rotatable bonds is 1. The fraction of sp³-hybridized carbons (Fsp3) is 0.643. The third kappa shape index (κ3) is 1.85. The average molecular weight is 246 g/mol. The third-order valence-electron chi connectivity index (χ3n) is 4.40. The van der Waals surface area contributed by atoms with Gasteiger partial charge in [0.1, 0.15) is 5.82 Å². The van der Waals surface area contributed by atoms with Gasteiger partial charge in [-0.1, -0.05) is 0 Å². The molecule has 1 N–H and O–H groups in total. The predicted molar refractivity (Wildman–Crippen MR) is 75.3 cm³/mol. The molecular formula is C14H22N4. The van der Waals surface area contributed by atoms with Gasteiger partial charge in [-0.25, -0.2) is 4.98 Å². The summed E-state index contributed by atoms with van der Waals surface area (Å²) in [5.74, 6) is 1.09. The number of piperazine rings is 1. The number of hydrogen-bond acceptors (Lipinski definition) is 4. The lowest BCUT2D eigenvalue weighted by Crippen LogP contribution is -2.55. The number of anilines is 2. The van der Waals surface area contributed by atoms with Gasteiger partial charge in [-0.2, -0.15) is 0 Å². The molecule has 1 fully saturated rings. The highest BCUT2D eigenvalue weighted by Crippen LogP contribution is 2.31. The standard InChI is InChI=1S/C14H22N4/c1-10-8-18(9-11(2)17(10)3)13-5-7-16-14-12(13)4-6-15-14/h5,7,10-11H,4,6,8-9H2,1-3H3,(H,15,16)/t10-,11?/m1/s1. The van der Waals surface area contributed by atoms with E-state index >= 15 is 0 Å². The van der Waals surface area contributed by atoms with Gasteiger partial charge in [-0.3, -0.25) is 4.90 Å². The van der Waals surface area contributed by atoms with Crippen molar-refractivity contribution in [3.8, 4) is 0 Å². The summed E-state index contributed by atoms with van der Waals surface area (Å²) in [5, 5.41) is 3.36. The van der Waals surface area contributed by atoms with Crippen LogP contribution in [-0.4, -0.2) is 48.6 Å². The summed E-state index contributed by atoms with van der Waals surface area (Å²) in [7, 11) is 2.23. The Labute approximate surface area is 109 Å². The number of fused-ring (bicyclic) bond motifs is 1. The Morgan fingerprint density at radius 2 is 2.00 bits per heavy atom. The van der Waals surface area contributed by atoms with E-state index in [1.54, 1.807) is 0 Å². The molecule has 3 rings (SSSR count).